The third-order valence-electron chi connectivity index (χ3n) is 2.86. The molecule has 0 aliphatic carbocycles. The van der Waals surface area contributed by atoms with Crippen LogP contribution in [0.15, 0.2) is 42.5 Å². The van der Waals surface area contributed by atoms with E-state index in [4.69, 9.17) is 4.74 Å². The van der Waals surface area contributed by atoms with Gasteiger partial charge in [-0.25, -0.2) is 0 Å². The van der Waals surface area contributed by atoms with Crippen LogP contribution >= 0.6 is 0 Å². The summed E-state index contributed by atoms with van der Waals surface area (Å²) in [6.07, 6.45) is 6.71. The zero-order chi connectivity index (χ0) is 12.7. The number of rotatable bonds is 6. The molecule has 0 aliphatic heterocycles. The highest BCUT2D eigenvalue weighted by atomic mass is 28.3. The number of methoxy groups -OCH3 is 1. The molecule has 17 heavy (non-hydrogen) atoms. The van der Waals surface area contributed by atoms with Gasteiger partial charge in [0.1, 0.15) is 0 Å². The summed E-state index contributed by atoms with van der Waals surface area (Å²) in [5, 5.41) is 0. The van der Waals surface area contributed by atoms with Gasteiger partial charge in [-0.1, -0.05) is 62.1 Å². The van der Waals surface area contributed by atoms with Crippen molar-refractivity contribution >= 4 is 8.07 Å². The van der Waals surface area contributed by atoms with Crippen molar-refractivity contribution in [1.29, 1.82) is 0 Å². The van der Waals surface area contributed by atoms with E-state index in [9.17, 15) is 0 Å². The second kappa shape index (κ2) is 6.77. The molecular weight excluding hydrogens is 224 g/mol. The van der Waals surface area contributed by atoms with Gasteiger partial charge in [-0.15, -0.1) is 0 Å². The Kier molecular flexibility index (Phi) is 5.66. The SMILES string of the molecule is COC(/C=C/CCc1ccccc1)[Si](C)(C)C. The molecule has 0 bridgehead atoms. The number of benzene rings is 1. The molecule has 1 atom stereocenters. The van der Waals surface area contributed by atoms with Gasteiger partial charge >= 0.3 is 0 Å². The van der Waals surface area contributed by atoms with Gasteiger partial charge in [0.25, 0.3) is 0 Å². The molecule has 1 nitrogen and oxygen atoms in total. The van der Waals surface area contributed by atoms with E-state index in [2.05, 4.69) is 62.1 Å². The minimum Gasteiger partial charge on any atom is -0.381 e. The van der Waals surface area contributed by atoms with E-state index in [0.29, 0.717) is 5.73 Å². The van der Waals surface area contributed by atoms with Gasteiger partial charge in [-0.2, -0.15) is 0 Å². The number of hydrogen-bond donors (Lipinski definition) is 0. The van der Waals surface area contributed by atoms with E-state index in [1.165, 1.54) is 5.56 Å². The lowest BCUT2D eigenvalue weighted by molar-refractivity contribution is 0.193. The predicted molar refractivity (Wildman–Crippen MR) is 78.0 cm³/mol. The fourth-order valence-corrected chi connectivity index (χ4v) is 3.26. The molecule has 0 saturated heterocycles. The maximum Gasteiger partial charge on any atom is 0.0834 e. The topological polar surface area (TPSA) is 9.23 Å². The first-order valence-electron chi connectivity index (χ1n) is 6.27. The number of hydrogen-bond acceptors (Lipinski definition) is 1. The van der Waals surface area contributed by atoms with E-state index in [-0.39, 0.29) is 0 Å². The van der Waals surface area contributed by atoms with Gasteiger partial charge in [-0.3, -0.25) is 0 Å². The molecule has 0 N–H and O–H groups in total. The quantitative estimate of drug-likeness (QED) is 0.545. The number of aryl methyl sites for hydroxylation is 1. The molecule has 0 aliphatic rings. The first kappa shape index (κ1) is 14.2. The maximum absolute atomic E-state index is 5.54. The lowest BCUT2D eigenvalue weighted by atomic mass is 10.1. The zero-order valence-corrected chi connectivity index (χ0v) is 12.4. The highest BCUT2D eigenvalue weighted by molar-refractivity contribution is 6.77. The smallest absolute Gasteiger partial charge is 0.0834 e. The van der Waals surface area contributed by atoms with E-state index >= 15 is 0 Å². The zero-order valence-electron chi connectivity index (χ0n) is 11.4. The fraction of sp³-hybridized carbons (Fsp3) is 0.467. The van der Waals surface area contributed by atoms with Gasteiger partial charge < -0.3 is 4.74 Å². The van der Waals surface area contributed by atoms with Crippen molar-refractivity contribution in [3.63, 3.8) is 0 Å². The van der Waals surface area contributed by atoms with Crippen molar-refractivity contribution in [1.82, 2.24) is 0 Å². The van der Waals surface area contributed by atoms with E-state index in [1.807, 2.05) is 7.11 Å². The third kappa shape index (κ3) is 5.33. The summed E-state index contributed by atoms with van der Waals surface area (Å²) in [6.45, 7) is 7.01. The molecule has 1 aromatic rings. The van der Waals surface area contributed by atoms with Crippen molar-refractivity contribution in [3.8, 4) is 0 Å². The normalized spacial score (nSPS) is 14.1. The van der Waals surface area contributed by atoms with Crippen LogP contribution in [0.5, 0.6) is 0 Å². The molecular formula is C15H24OSi. The summed E-state index contributed by atoms with van der Waals surface area (Å²) < 4.78 is 5.54. The highest BCUT2D eigenvalue weighted by Gasteiger charge is 2.23. The van der Waals surface area contributed by atoms with E-state index in [0.717, 1.165) is 12.8 Å². The Morgan fingerprint density at radius 2 is 1.82 bits per heavy atom. The van der Waals surface area contributed by atoms with Crippen LogP contribution in [0.25, 0.3) is 0 Å². The summed E-state index contributed by atoms with van der Waals surface area (Å²) >= 11 is 0. The average Bonchev–Trinajstić information content (AvgIpc) is 2.28. The monoisotopic (exact) mass is 248 g/mol. The van der Waals surface area contributed by atoms with Crippen LogP contribution in [-0.2, 0) is 11.2 Å². The Balaban J connectivity index is 2.40. The van der Waals surface area contributed by atoms with Crippen molar-refractivity contribution in [2.24, 2.45) is 0 Å². The molecule has 0 heterocycles. The lowest BCUT2D eigenvalue weighted by Gasteiger charge is -2.24. The Morgan fingerprint density at radius 3 is 2.35 bits per heavy atom. The molecule has 2 heteroatoms. The van der Waals surface area contributed by atoms with Gasteiger partial charge in [0, 0.05) is 7.11 Å². The summed E-state index contributed by atoms with van der Waals surface area (Å²) in [5.41, 5.74) is 1.73. The first-order chi connectivity index (χ1) is 8.04. The second-order valence-corrected chi connectivity index (χ2v) is 10.8. The van der Waals surface area contributed by atoms with Gasteiger partial charge in [-0.05, 0) is 18.4 Å². The number of allylic oxidation sites excluding steroid dienone is 1. The average molecular weight is 248 g/mol. The minimum absolute atomic E-state index is 0.332. The van der Waals surface area contributed by atoms with Gasteiger partial charge in [0.05, 0.1) is 13.8 Å². The summed E-state index contributed by atoms with van der Waals surface area (Å²) in [4.78, 5) is 0. The van der Waals surface area contributed by atoms with Crippen LogP contribution in [0, 0.1) is 0 Å². The van der Waals surface area contributed by atoms with Crippen molar-refractivity contribution in [2.45, 2.75) is 38.2 Å². The molecule has 0 radical (unpaired) electrons. The summed E-state index contributed by atoms with van der Waals surface area (Å²) in [7, 11) is 0.585. The van der Waals surface area contributed by atoms with Crippen molar-refractivity contribution < 1.29 is 4.74 Å². The van der Waals surface area contributed by atoms with Crippen LogP contribution in [0.2, 0.25) is 19.6 Å². The van der Waals surface area contributed by atoms with Crippen LogP contribution in [0.1, 0.15) is 12.0 Å². The van der Waals surface area contributed by atoms with E-state index < -0.39 is 8.07 Å². The molecule has 0 spiro atoms. The molecule has 1 unspecified atom stereocenters. The Hall–Kier alpha value is -0.863. The van der Waals surface area contributed by atoms with Gasteiger partial charge in [0.15, 0.2) is 0 Å². The van der Waals surface area contributed by atoms with Crippen molar-refractivity contribution in [2.75, 3.05) is 7.11 Å². The molecule has 1 rings (SSSR count). The van der Waals surface area contributed by atoms with E-state index in [1.54, 1.807) is 0 Å². The Labute approximate surface area is 107 Å². The highest BCUT2D eigenvalue weighted by Crippen LogP contribution is 2.13. The molecule has 0 fully saturated rings. The standard InChI is InChI=1S/C15H24OSi/c1-16-15(17(2,3)4)13-9-8-12-14-10-6-5-7-11-14/h5-7,9-11,13,15H,8,12H2,1-4H3/b13-9+. The lowest BCUT2D eigenvalue weighted by Crippen LogP contribution is -2.38. The molecule has 0 amide bonds. The molecule has 1 aromatic carbocycles. The summed E-state index contributed by atoms with van der Waals surface area (Å²) in [6, 6.07) is 10.6. The number of ether oxygens (including phenoxy) is 1. The van der Waals surface area contributed by atoms with Gasteiger partial charge in [0.2, 0.25) is 0 Å². The Bertz CT molecular complexity index is 338. The summed E-state index contributed by atoms with van der Waals surface area (Å²) in [5.74, 6) is 0. The molecule has 94 valence electrons. The van der Waals surface area contributed by atoms with Crippen LogP contribution in [0.4, 0.5) is 0 Å². The minimum atomic E-state index is -1.22. The maximum atomic E-state index is 5.54. The first-order valence-corrected chi connectivity index (χ1v) is 9.85. The Morgan fingerprint density at radius 1 is 1.18 bits per heavy atom. The molecule has 0 aromatic heterocycles. The van der Waals surface area contributed by atoms with Crippen LogP contribution < -0.4 is 0 Å². The fourth-order valence-electron chi connectivity index (χ4n) is 1.84. The predicted octanol–water partition coefficient (Wildman–Crippen LogP) is 4.07. The van der Waals surface area contributed by atoms with Crippen LogP contribution in [-0.4, -0.2) is 20.9 Å². The van der Waals surface area contributed by atoms with Crippen LogP contribution in [0.3, 0.4) is 0 Å². The largest absolute Gasteiger partial charge is 0.381 e. The second-order valence-electron chi connectivity index (χ2n) is 5.47. The van der Waals surface area contributed by atoms with Crippen molar-refractivity contribution in [3.05, 3.63) is 48.0 Å². The molecule has 0 saturated carbocycles. The third-order valence-corrected chi connectivity index (χ3v) is 5.00.